The van der Waals surface area contributed by atoms with E-state index in [2.05, 4.69) is 20.8 Å². The molecule has 1 saturated carbocycles. The number of aromatic nitrogens is 2. The van der Waals surface area contributed by atoms with Crippen LogP contribution in [0, 0.1) is 5.92 Å². The summed E-state index contributed by atoms with van der Waals surface area (Å²) in [5.74, 6) is -0.951. The molecule has 0 bridgehead atoms. The molecule has 1 atom stereocenters. The lowest BCUT2D eigenvalue weighted by Gasteiger charge is -2.12. The summed E-state index contributed by atoms with van der Waals surface area (Å²) in [7, 11) is 0. The van der Waals surface area contributed by atoms with Gasteiger partial charge in [-0.3, -0.25) is 5.32 Å². The summed E-state index contributed by atoms with van der Waals surface area (Å²) in [4.78, 5) is 22.6. The summed E-state index contributed by atoms with van der Waals surface area (Å²) in [6.45, 7) is 1.94. The molecule has 1 aromatic rings. The topological polar surface area (TPSA) is 104 Å². The fraction of sp³-hybridized carbons (Fsp3) is 0.600. The van der Waals surface area contributed by atoms with E-state index in [1.54, 1.807) is 0 Å². The van der Waals surface area contributed by atoms with E-state index < -0.39 is 18.0 Å². The van der Waals surface area contributed by atoms with Crippen LogP contribution in [-0.4, -0.2) is 33.3 Å². The number of amides is 2. The number of nitrogens with one attached hydrogen (secondary N) is 2. The van der Waals surface area contributed by atoms with E-state index in [-0.39, 0.29) is 5.92 Å². The predicted molar refractivity (Wildman–Crippen MR) is 65.6 cm³/mol. The Morgan fingerprint density at radius 3 is 2.72 bits per heavy atom. The Hall–Kier alpha value is -1.70. The van der Waals surface area contributed by atoms with Gasteiger partial charge in [0.2, 0.25) is 5.13 Å². The van der Waals surface area contributed by atoms with Crippen LogP contribution in [0.25, 0.3) is 0 Å². The van der Waals surface area contributed by atoms with Crippen molar-refractivity contribution in [2.45, 2.75) is 32.2 Å². The number of hydrogen-bond acceptors (Lipinski definition) is 5. The van der Waals surface area contributed by atoms with E-state index in [0.717, 1.165) is 24.3 Å². The molecule has 1 aromatic heterocycles. The second kappa shape index (κ2) is 5.30. The molecule has 0 saturated heterocycles. The summed E-state index contributed by atoms with van der Waals surface area (Å²) in [6.07, 6.45) is 2.44. The summed E-state index contributed by atoms with van der Waals surface area (Å²) in [5.41, 5.74) is 0. The number of aliphatic carboxylic acids is 1. The Balaban J connectivity index is 1.89. The van der Waals surface area contributed by atoms with Gasteiger partial charge in [-0.15, -0.1) is 10.2 Å². The Morgan fingerprint density at radius 1 is 1.50 bits per heavy atom. The van der Waals surface area contributed by atoms with E-state index in [4.69, 9.17) is 5.11 Å². The average molecular weight is 270 g/mol. The third kappa shape index (κ3) is 3.16. The number of nitrogens with zero attached hydrogens (tertiary/aromatic N) is 2. The first-order chi connectivity index (χ1) is 8.60. The van der Waals surface area contributed by atoms with Crippen LogP contribution in [0.5, 0.6) is 0 Å². The van der Waals surface area contributed by atoms with Gasteiger partial charge in [0.1, 0.15) is 11.0 Å². The third-order valence-corrected chi connectivity index (χ3v) is 3.62. The van der Waals surface area contributed by atoms with E-state index >= 15 is 0 Å². The van der Waals surface area contributed by atoms with Crippen LogP contribution < -0.4 is 10.6 Å². The Bertz CT molecular complexity index is 458. The van der Waals surface area contributed by atoms with Crippen LogP contribution in [0.4, 0.5) is 9.93 Å². The van der Waals surface area contributed by atoms with Crippen LogP contribution in [0.15, 0.2) is 0 Å². The molecule has 2 amide bonds. The maximum atomic E-state index is 11.6. The normalized spacial score (nSPS) is 16.1. The minimum absolute atomic E-state index is 0.0499. The molecule has 0 aromatic carbocycles. The first-order valence-corrected chi connectivity index (χ1v) is 6.54. The monoisotopic (exact) mass is 270 g/mol. The van der Waals surface area contributed by atoms with E-state index in [9.17, 15) is 9.59 Å². The fourth-order valence-electron chi connectivity index (χ4n) is 1.53. The van der Waals surface area contributed by atoms with Crippen molar-refractivity contribution in [3.8, 4) is 0 Å². The van der Waals surface area contributed by atoms with Crippen LogP contribution in [-0.2, 0) is 11.2 Å². The SMILES string of the molecule is CCc1nnc(NC(=O)NC(C(=O)O)C2CC2)s1. The zero-order chi connectivity index (χ0) is 13.1. The number of anilines is 1. The maximum Gasteiger partial charge on any atom is 0.326 e. The smallest absolute Gasteiger partial charge is 0.326 e. The molecule has 98 valence electrons. The van der Waals surface area contributed by atoms with Crippen LogP contribution in [0.3, 0.4) is 0 Å². The molecule has 7 nitrogen and oxygen atoms in total. The van der Waals surface area contributed by atoms with Crippen molar-refractivity contribution in [1.29, 1.82) is 0 Å². The molecule has 18 heavy (non-hydrogen) atoms. The standard InChI is InChI=1S/C10H14N4O3S/c1-2-6-13-14-10(18-6)12-9(17)11-7(8(15)16)5-3-4-5/h5,7H,2-4H2,1H3,(H,15,16)(H2,11,12,14,17). The van der Waals surface area contributed by atoms with Gasteiger partial charge in [-0.1, -0.05) is 18.3 Å². The van der Waals surface area contributed by atoms with Gasteiger partial charge in [0, 0.05) is 0 Å². The molecular weight excluding hydrogens is 256 g/mol. The minimum Gasteiger partial charge on any atom is -0.480 e. The lowest BCUT2D eigenvalue weighted by molar-refractivity contribution is -0.139. The fourth-order valence-corrected chi connectivity index (χ4v) is 2.21. The molecule has 0 spiro atoms. The van der Waals surface area contributed by atoms with Gasteiger partial charge >= 0.3 is 12.0 Å². The van der Waals surface area contributed by atoms with Gasteiger partial charge in [0.15, 0.2) is 0 Å². The lowest BCUT2D eigenvalue weighted by atomic mass is 10.2. The number of carbonyl (C=O) groups is 2. The van der Waals surface area contributed by atoms with Gasteiger partial charge < -0.3 is 10.4 Å². The largest absolute Gasteiger partial charge is 0.480 e. The molecule has 1 aliphatic rings. The van der Waals surface area contributed by atoms with Gasteiger partial charge in [0.25, 0.3) is 0 Å². The lowest BCUT2D eigenvalue weighted by Crippen LogP contribution is -2.44. The van der Waals surface area contributed by atoms with Crippen molar-refractivity contribution in [1.82, 2.24) is 15.5 Å². The molecule has 2 rings (SSSR count). The summed E-state index contributed by atoms with van der Waals surface area (Å²) in [5, 5.41) is 22.8. The molecule has 0 radical (unpaired) electrons. The minimum atomic E-state index is -1.00. The molecule has 8 heteroatoms. The summed E-state index contributed by atoms with van der Waals surface area (Å²) < 4.78 is 0. The second-order valence-corrected chi connectivity index (χ2v) is 5.17. The van der Waals surface area contributed by atoms with Gasteiger partial charge in [-0.05, 0) is 25.2 Å². The summed E-state index contributed by atoms with van der Waals surface area (Å²) >= 11 is 1.28. The van der Waals surface area contributed by atoms with E-state index in [1.807, 2.05) is 6.92 Å². The number of aryl methyl sites for hydroxylation is 1. The molecule has 1 fully saturated rings. The molecule has 0 aliphatic heterocycles. The van der Waals surface area contributed by atoms with Crippen molar-refractivity contribution in [2.24, 2.45) is 5.92 Å². The molecule has 1 aliphatic carbocycles. The van der Waals surface area contributed by atoms with Crippen molar-refractivity contribution in [2.75, 3.05) is 5.32 Å². The highest BCUT2D eigenvalue weighted by atomic mass is 32.1. The third-order valence-electron chi connectivity index (χ3n) is 2.64. The van der Waals surface area contributed by atoms with Crippen LogP contribution >= 0.6 is 11.3 Å². The molecular formula is C10H14N4O3S. The van der Waals surface area contributed by atoms with Gasteiger partial charge in [-0.25, -0.2) is 9.59 Å². The van der Waals surface area contributed by atoms with E-state index in [1.165, 1.54) is 11.3 Å². The molecule has 3 N–H and O–H groups in total. The first-order valence-electron chi connectivity index (χ1n) is 5.73. The zero-order valence-electron chi connectivity index (χ0n) is 9.84. The first kappa shape index (κ1) is 12.7. The van der Waals surface area contributed by atoms with Crippen molar-refractivity contribution in [3.63, 3.8) is 0 Å². The number of carbonyl (C=O) groups excluding carboxylic acids is 1. The summed E-state index contributed by atoms with van der Waals surface area (Å²) in [6, 6.07) is -1.36. The number of rotatable bonds is 5. The number of carboxylic acid groups (broad SMARTS) is 1. The highest BCUT2D eigenvalue weighted by Crippen LogP contribution is 2.32. The number of urea groups is 1. The Labute approximate surface area is 108 Å². The molecule has 1 heterocycles. The van der Waals surface area contributed by atoms with Crippen molar-refractivity contribution >= 4 is 28.5 Å². The van der Waals surface area contributed by atoms with Gasteiger partial charge in [0.05, 0.1) is 0 Å². The van der Waals surface area contributed by atoms with Gasteiger partial charge in [-0.2, -0.15) is 0 Å². The van der Waals surface area contributed by atoms with Crippen molar-refractivity contribution < 1.29 is 14.7 Å². The number of hydrogen-bond donors (Lipinski definition) is 3. The highest BCUT2D eigenvalue weighted by molar-refractivity contribution is 7.15. The Morgan fingerprint density at radius 2 is 2.22 bits per heavy atom. The maximum absolute atomic E-state index is 11.6. The predicted octanol–water partition coefficient (Wildman–Crippen LogP) is 1.09. The Kier molecular flexibility index (Phi) is 3.75. The van der Waals surface area contributed by atoms with E-state index in [0.29, 0.717) is 5.13 Å². The van der Waals surface area contributed by atoms with Crippen molar-refractivity contribution in [3.05, 3.63) is 5.01 Å². The molecule has 1 unspecified atom stereocenters. The second-order valence-electron chi connectivity index (χ2n) is 4.11. The quantitative estimate of drug-likeness (QED) is 0.742. The number of carboxylic acids is 1. The zero-order valence-corrected chi connectivity index (χ0v) is 10.7. The average Bonchev–Trinajstić information content (AvgIpc) is 3.06. The van der Waals surface area contributed by atoms with Crippen LogP contribution in [0.2, 0.25) is 0 Å². The highest BCUT2D eigenvalue weighted by Gasteiger charge is 2.37. The van der Waals surface area contributed by atoms with Crippen LogP contribution in [0.1, 0.15) is 24.8 Å².